The number of aliphatic hydroxyl groups excluding tert-OH is 1. The molecule has 3 fully saturated rings. The Kier molecular flexibility index (Phi) is 9.91. The molecular weight excluding hydrogens is 565 g/mol. The fourth-order valence-corrected chi connectivity index (χ4v) is 6.38. The minimum absolute atomic E-state index is 0.152. The van der Waals surface area contributed by atoms with Crippen molar-refractivity contribution in [2.75, 3.05) is 45.9 Å². The number of pyridine rings is 1. The number of aliphatic hydroxyl groups is 1. The number of piperidine rings is 1. The number of carbonyl (C=O) groups is 2. The molecule has 0 radical (unpaired) electrons. The number of aromatic nitrogens is 1. The van der Waals surface area contributed by atoms with E-state index in [1.54, 1.807) is 24.4 Å². The molecular formula is C30H39Cl2N5O4. The third-order valence-corrected chi connectivity index (χ3v) is 9.01. The third kappa shape index (κ3) is 7.44. The van der Waals surface area contributed by atoms with Crippen molar-refractivity contribution >= 4 is 35.1 Å². The third-order valence-electron chi connectivity index (χ3n) is 8.42. The summed E-state index contributed by atoms with van der Waals surface area (Å²) in [5.74, 6) is 0.849. The Morgan fingerprint density at radius 1 is 1.10 bits per heavy atom. The Morgan fingerprint density at radius 3 is 2.51 bits per heavy atom. The maximum Gasteiger partial charge on any atom is 0.318 e. The molecule has 3 amide bonds. The predicted molar refractivity (Wildman–Crippen MR) is 159 cm³/mol. The molecule has 3 aliphatic rings. The zero-order chi connectivity index (χ0) is 28.9. The second kappa shape index (κ2) is 13.6. The molecule has 0 saturated carbocycles. The number of hydrogen-bond donors (Lipinski definition) is 2. The molecule has 2 N–H and O–H groups in total. The molecule has 1 aromatic carbocycles. The lowest BCUT2D eigenvalue weighted by Gasteiger charge is -2.38. The normalized spacial score (nSPS) is 20.0. The van der Waals surface area contributed by atoms with Crippen molar-refractivity contribution in [3.63, 3.8) is 0 Å². The van der Waals surface area contributed by atoms with Crippen LogP contribution in [0, 0.1) is 0 Å². The van der Waals surface area contributed by atoms with E-state index in [1.807, 2.05) is 17.0 Å². The number of carbonyl (C=O) groups excluding carboxylic acids is 2. The van der Waals surface area contributed by atoms with E-state index in [-0.39, 0.29) is 37.4 Å². The highest BCUT2D eigenvalue weighted by Crippen LogP contribution is 2.33. The van der Waals surface area contributed by atoms with Gasteiger partial charge in [0.1, 0.15) is 18.4 Å². The van der Waals surface area contributed by atoms with Gasteiger partial charge in [-0.1, -0.05) is 29.3 Å². The van der Waals surface area contributed by atoms with E-state index < -0.39 is 12.1 Å². The average Bonchev–Trinajstić information content (AvgIpc) is 3.50. The largest absolute Gasteiger partial charge is 0.490 e. The van der Waals surface area contributed by atoms with Crippen LogP contribution in [-0.4, -0.2) is 101 Å². The molecule has 1 aromatic heterocycles. The highest BCUT2D eigenvalue weighted by atomic mass is 35.5. The molecule has 2 aromatic rings. The molecule has 3 aliphatic heterocycles. The number of likely N-dealkylation sites (tertiary alicyclic amines) is 3. The maximum absolute atomic E-state index is 13.8. The number of benzene rings is 1. The quantitative estimate of drug-likeness (QED) is 0.450. The fraction of sp³-hybridized carbons (Fsp3) is 0.567. The first kappa shape index (κ1) is 29.9. The van der Waals surface area contributed by atoms with Crippen molar-refractivity contribution in [2.45, 2.75) is 63.1 Å². The summed E-state index contributed by atoms with van der Waals surface area (Å²) in [6.07, 6.45) is 5.52. The maximum atomic E-state index is 13.8. The van der Waals surface area contributed by atoms with Crippen LogP contribution in [-0.2, 0) is 11.2 Å². The summed E-state index contributed by atoms with van der Waals surface area (Å²) in [4.78, 5) is 37.0. The van der Waals surface area contributed by atoms with Crippen LogP contribution < -0.4 is 10.1 Å². The van der Waals surface area contributed by atoms with Crippen molar-refractivity contribution in [1.82, 2.24) is 25.0 Å². The predicted octanol–water partition coefficient (Wildman–Crippen LogP) is 3.95. The second-order valence-corrected chi connectivity index (χ2v) is 12.2. The lowest BCUT2D eigenvalue weighted by Crippen LogP contribution is -2.60. The first-order chi connectivity index (χ1) is 19.8. The Morgan fingerprint density at radius 2 is 1.83 bits per heavy atom. The molecule has 3 saturated heterocycles. The van der Waals surface area contributed by atoms with Gasteiger partial charge in [0.25, 0.3) is 0 Å². The van der Waals surface area contributed by atoms with Gasteiger partial charge < -0.3 is 25.0 Å². The van der Waals surface area contributed by atoms with Crippen molar-refractivity contribution < 1.29 is 19.4 Å². The van der Waals surface area contributed by atoms with Crippen LogP contribution in [0.3, 0.4) is 0 Å². The van der Waals surface area contributed by atoms with Gasteiger partial charge in [0, 0.05) is 47.7 Å². The van der Waals surface area contributed by atoms with Crippen LogP contribution in [0.5, 0.6) is 5.75 Å². The van der Waals surface area contributed by atoms with E-state index in [0.29, 0.717) is 35.8 Å². The van der Waals surface area contributed by atoms with E-state index >= 15 is 0 Å². The lowest BCUT2D eigenvalue weighted by atomic mass is 9.91. The van der Waals surface area contributed by atoms with Crippen LogP contribution in [0.15, 0.2) is 36.5 Å². The Labute approximate surface area is 251 Å². The van der Waals surface area contributed by atoms with Crippen LogP contribution >= 0.6 is 23.2 Å². The highest BCUT2D eigenvalue weighted by molar-refractivity contribution is 6.35. The molecule has 0 spiro atoms. The first-order valence-electron chi connectivity index (χ1n) is 14.6. The van der Waals surface area contributed by atoms with Gasteiger partial charge in [0.05, 0.1) is 24.9 Å². The molecule has 9 nitrogen and oxygen atoms in total. The van der Waals surface area contributed by atoms with Gasteiger partial charge in [-0.15, -0.1) is 0 Å². The van der Waals surface area contributed by atoms with Gasteiger partial charge in [-0.05, 0) is 75.5 Å². The van der Waals surface area contributed by atoms with Crippen LogP contribution in [0.2, 0.25) is 10.0 Å². The van der Waals surface area contributed by atoms with Crippen LogP contribution in [0.1, 0.15) is 49.8 Å². The fourth-order valence-electron chi connectivity index (χ4n) is 5.89. The van der Waals surface area contributed by atoms with Crippen molar-refractivity contribution in [3.05, 3.63) is 57.8 Å². The summed E-state index contributed by atoms with van der Waals surface area (Å²) in [6.45, 7) is 6.70. The number of rotatable bonds is 9. The lowest BCUT2D eigenvalue weighted by molar-refractivity contribution is -0.134. The van der Waals surface area contributed by atoms with Crippen molar-refractivity contribution in [2.24, 2.45) is 0 Å². The summed E-state index contributed by atoms with van der Waals surface area (Å²) in [7, 11) is 0. The van der Waals surface area contributed by atoms with Gasteiger partial charge in [-0.25, -0.2) is 4.79 Å². The van der Waals surface area contributed by atoms with Crippen LogP contribution in [0.25, 0.3) is 0 Å². The Bertz CT molecular complexity index is 1210. The Hall–Kier alpha value is -2.59. The number of halogens is 2. The second-order valence-electron chi connectivity index (χ2n) is 11.4. The summed E-state index contributed by atoms with van der Waals surface area (Å²) in [5, 5.41) is 13.5. The minimum atomic E-state index is -0.795. The van der Waals surface area contributed by atoms with Gasteiger partial charge in [0.2, 0.25) is 5.91 Å². The van der Waals surface area contributed by atoms with E-state index in [9.17, 15) is 14.7 Å². The summed E-state index contributed by atoms with van der Waals surface area (Å²) >= 11 is 12.5. The molecule has 0 bridgehead atoms. The number of nitrogens with zero attached hydrogens (tertiary/aromatic N) is 4. The number of urea groups is 1. The van der Waals surface area contributed by atoms with E-state index in [2.05, 4.69) is 22.1 Å². The van der Waals surface area contributed by atoms with E-state index in [4.69, 9.17) is 27.9 Å². The van der Waals surface area contributed by atoms with Gasteiger partial charge >= 0.3 is 6.03 Å². The van der Waals surface area contributed by atoms with Gasteiger partial charge in [0.15, 0.2) is 0 Å². The van der Waals surface area contributed by atoms with E-state index in [1.165, 1.54) is 17.7 Å². The Balaban J connectivity index is 1.22. The van der Waals surface area contributed by atoms with Crippen molar-refractivity contribution in [3.8, 4) is 5.75 Å². The summed E-state index contributed by atoms with van der Waals surface area (Å²) in [5.41, 5.74) is 1.68. The number of β-amino-alcohol motifs (C(OH)–C–C–N with tert-alkyl or cyclic N) is 1. The smallest absolute Gasteiger partial charge is 0.318 e. The average molecular weight is 605 g/mol. The monoisotopic (exact) mass is 603 g/mol. The SMILES string of the molecule is C[C@H](COc1cccnc1C1CCN(C(=O)[C@@H](Cc2ccc(Cl)cc2Cl)NC(=O)N2CC(O)C2)CC1)N1CCCC1. The zero-order valence-electron chi connectivity index (χ0n) is 23.5. The molecule has 222 valence electrons. The number of hydrogen-bond acceptors (Lipinski definition) is 6. The van der Waals surface area contributed by atoms with Crippen LogP contribution in [0.4, 0.5) is 4.79 Å². The molecule has 0 aliphatic carbocycles. The molecule has 41 heavy (non-hydrogen) atoms. The van der Waals surface area contributed by atoms with Gasteiger partial charge in [-0.2, -0.15) is 0 Å². The molecule has 4 heterocycles. The standard InChI is InChI=1S/C30H39Cl2N5O4/c1-20(35-11-2-3-12-35)19-41-27-5-4-10-33-28(27)21-8-13-36(14-9-21)29(39)26(34-30(40)37-17-24(38)18-37)15-22-6-7-23(31)16-25(22)32/h4-7,10,16,20-21,24,26,38H,2-3,8-9,11-15,17-19H2,1H3,(H,34,40)/t20-,26-/m1/s1. The topological polar surface area (TPSA) is 98.2 Å². The minimum Gasteiger partial charge on any atom is -0.490 e. The molecule has 11 heteroatoms. The van der Waals surface area contributed by atoms with Crippen molar-refractivity contribution in [1.29, 1.82) is 0 Å². The van der Waals surface area contributed by atoms with E-state index in [0.717, 1.165) is 42.9 Å². The zero-order valence-corrected chi connectivity index (χ0v) is 25.0. The number of amides is 3. The molecule has 0 unspecified atom stereocenters. The van der Waals surface area contributed by atoms with Gasteiger partial charge in [-0.3, -0.25) is 14.7 Å². The summed E-state index contributed by atoms with van der Waals surface area (Å²) in [6, 6.07) is 8.23. The first-order valence-corrected chi connectivity index (χ1v) is 15.3. The summed E-state index contributed by atoms with van der Waals surface area (Å²) < 4.78 is 6.28. The molecule has 2 atom stereocenters. The number of ether oxygens (including phenoxy) is 1. The highest BCUT2D eigenvalue weighted by Gasteiger charge is 2.35. The molecule has 5 rings (SSSR count). The number of nitrogens with one attached hydrogen (secondary N) is 1.